The normalized spacial score (nSPS) is 16.2. The molecule has 1 atom stereocenters. The molecule has 130 valence electrons. The van der Waals surface area contributed by atoms with Gasteiger partial charge in [0.15, 0.2) is 0 Å². The Labute approximate surface area is 147 Å². The predicted molar refractivity (Wildman–Crippen MR) is 94.5 cm³/mol. The molecule has 2 aromatic carbocycles. The summed E-state index contributed by atoms with van der Waals surface area (Å²) in [5, 5.41) is 2.93. The van der Waals surface area contributed by atoms with Crippen LogP contribution in [0.5, 0.6) is 11.5 Å². The number of amides is 1. The molecule has 0 spiro atoms. The Bertz CT molecular complexity index is 771. The Morgan fingerprint density at radius 2 is 1.84 bits per heavy atom. The molecule has 1 N–H and O–H groups in total. The molecule has 0 fully saturated rings. The summed E-state index contributed by atoms with van der Waals surface area (Å²) in [6.07, 6.45) is 2.20. The molecule has 25 heavy (non-hydrogen) atoms. The molecule has 0 radical (unpaired) electrons. The van der Waals surface area contributed by atoms with E-state index in [0.29, 0.717) is 18.8 Å². The number of rotatable bonds is 7. The highest BCUT2D eigenvalue weighted by Gasteiger charge is 2.25. The summed E-state index contributed by atoms with van der Waals surface area (Å²) in [6, 6.07) is 15.4. The van der Waals surface area contributed by atoms with E-state index in [1.165, 1.54) is 6.08 Å². The van der Waals surface area contributed by atoms with Crippen LogP contribution < -0.4 is 14.8 Å². The highest BCUT2D eigenvalue weighted by Crippen LogP contribution is 2.26. The zero-order valence-corrected chi connectivity index (χ0v) is 14.3. The van der Waals surface area contributed by atoms with Gasteiger partial charge < -0.3 is 19.5 Å². The Morgan fingerprint density at radius 1 is 1.04 bits per heavy atom. The lowest BCUT2D eigenvalue weighted by Crippen LogP contribution is -2.31. The SMILES string of the molecule is COc1ccc(OC)c(COC2=CC(=O)NC2Cc2ccccc2)c1. The van der Waals surface area contributed by atoms with Gasteiger partial charge in [0.1, 0.15) is 23.9 Å². The second kappa shape index (κ2) is 7.75. The lowest BCUT2D eigenvalue weighted by atomic mass is 10.1. The van der Waals surface area contributed by atoms with E-state index in [2.05, 4.69) is 5.32 Å². The number of ether oxygens (including phenoxy) is 3. The molecule has 0 saturated heterocycles. The van der Waals surface area contributed by atoms with Crippen LogP contribution in [-0.4, -0.2) is 26.2 Å². The Kier molecular flexibility index (Phi) is 5.23. The molecule has 1 aliphatic rings. The molecular formula is C20H21NO4. The molecule has 0 bridgehead atoms. The highest BCUT2D eigenvalue weighted by molar-refractivity contribution is 5.91. The van der Waals surface area contributed by atoms with Gasteiger partial charge in [0.05, 0.1) is 20.3 Å². The number of methoxy groups -OCH3 is 2. The first-order chi connectivity index (χ1) is 12.2. The van der Waals surface area contributed by atoms with E-state index >= 15 is 0 Å². The van der Waals surface area contributed by atoms with Crippen molar-refractivity contribution in [3.63, 3.8) is 0 Å². The minimum absolute atomic E-state index is 0.131. The molecule has 1 heterocycles. The predicted octanol–water partition coefficient (Wildman–Crippen LogP) is 2.85. The van der Waals surface area contributed by atoms with Gasteiger partial charge in [0, 0.05) is 11.6 Å². The first-order valence-corrected chi connectivity index (χ1v) is 8.09. The number of nitrogens with one attached hydrogen (secondary N) is 1. The topological polar surface area (TPSA) is 56.8 Å². The maximum Gasteiger partial charge on any atom is 0.248 e. The molecule has 2 aromatic rings. The minimum Gasteiger partial charge on any atom is -0.497 e. The summed E-state index contributed by atoms with van der Waals surface area (Å²) in [5.74, 6) is 1.96. The second-order valence-corrected chi connectivity index (χ2v) is 5.76. The number of carbonyl (C=O) groups excluding carboxylic acids is 1. The van der Waals surface area contributed by atoms with E-state index in [4.69, 9.17) is 14.2 Å². The lowest BCUT2D eigenvalue weighted by Gasteiger charge is -2.17. The van der Waals surface area contributed by atoms with Gasteiger partial charge in [-0.25, -0.2) is 0 Å². The largest absolute Gasteiger partial charge is 0.497 e. The van der Waals surface area contributed by atoms with Gasteiger partial charge in [-0.15, -0.1) is 0 Å². The van der Waals surface area contributed by atoms with Crippen LogP contribution in [-0.2, 0) is 22.6 Å². The number of benzene rings is 2. The summed E-state index contributed by atoms with van der Waals surface area (Å²) >= 11 is 0. The molecule has 1 unspecified atom stereocenters. The quantitative estimate of drug-likeness (QED) is 0.843. The van der Waals surface area contributed by atoms with Gasteiger partial charge in [0.2, 0.25) is 5.91 Å². The zero-order valence-electron chi connectivity index (χ0n) is 14.3. The third kappa shape index (κ3) is 4.12. The van der Waals surface area contributed by atoms with Crippen molar-refractivity contribution >= 4 is 5.91 Å². The van der Waals surface area contributed by atoms with E-state index < -0.39 is 0 Å². The average Bonchev–Trinajstić information content (AvgIpc) is 2.99. The molecule has 1 aliphatic heterocycles. The molecule has 5 nitrogen and oxygen atoms in total. The third-order valence-electron chi connectivity index (χ3n) is 4.10. The van der Waals surface area contributed by atoms with E-state index in [9.17, 15) is 4.79 Å². The Balaban J connectivity index is 1.71. The number of carbonyl (C=O) groups is 1. The maximum atomic E-state index is 11.8. The van der Waals surface area contributed by atoms with Crippen molar-refractivity contribution in [1.82, 2.24) is 5.32 Å². The maximum absolute atomic E-state index is 11.8. The fourth-order valence-corrected chi connectivity index (χ4v) is 2.81. The first kappa shape index (κ1) is 16.9. The van der Waals surface area contributed by atoms with Crippen LogP contribution in [0.2, 0.25) is 0 Å². The van der Waals surface area contributed by atoms with E-state index in [1.54, 1.807) is 14.2 Å². The molecule has 0 aromatic heterocycles. The number of hydrogen-bond donors (Lipinski definition) is 1. The molecule has 0 saturated carbocycles. The third-order valence-corrected chi connectivity index (χ3v) is 4.10. The smallest absolute Gasteiger partial charge is 0.248 e. The van der Waals surface area contributed by atoms with Crippen molar-refractivity contribution in [2.45, 2.75) is 19.1 Å². The van der Waals surface area contributed by atoms with Crippen LogP contribution in [0.4, 0.5) is 0 Å². The standard InChI is InChI=1S/C20H21NO4/c1-23-16-8-9-18(24-2)15(11-16)13-25-19-12-20(22)21-17(19)10-14-6-4-3-5-7-14/h3-9,11-12,17H,10,13H2,1-2H3,(H,21,22). The van der Waals surface area contributed by atoms with Crippen LogP contribution in [0.15, 0.2) is 60.4 Å². The summed E-state index contributed by atoms with van der Waals surface area (Å²) < 4.78 is 16.5. The van der Waals surface area contributed by atoms with Gasteiger partial charge in [-0.1, -0.05) is 30.3 Å². The monoisotopic (exact) mass is 339 g/mol. The fraction of sp³-hybridized carbons (Fsp3) is 0.250. The van der Waals surface area contributed by atoms with E-state index in [0.717, 1.165) is 22.6 Å². The summed E-state index contributed by atoms with van der Waals surface area (Å²) in [6.45, 7) is 0.298. The molecule has 0 aliphatic carbocycles. The second-order valence-electron chi connectivity index (χ2n) is 5.76. The van der Waals surface area contributed by atoms with Gasteiger partial charge >= 0.3 is 0 Å². The van der Waals surface area contributed by atoms with E-state index in [-0.39, 0.29) is 11.9 Å². The highest BCUT2D eigenvalue weighted by atomic mass is 16.5. The summed E-state index contributed by atoms with van der Waals surface area (Å²) in [7, 11) is 3.23. The van der Waals surface area contributed by atoms with Gasteiger partial charge in [-0.3, -0.25) is 4.79 Å². The van der Waals surface area contributed by atoms with Crippen LogP contribution >= 0.6 is 0 Å². The van der Waals surface area contributed by atoms with Crippen LogP contribution in [0, 0.1) is 0 Å². The molecular weight excluding hydrogens is 318 g/mol. The van der Waals surface area contributed by atoms with Crippen molar-refractivity contribution in [3.8, 4) is 11.5 Å². The summed E-state index contributed by atoms with van der Waals surface area (Å²) in [4.78, 5) is 11.8. The van der Waals surface area contributed by atoms with Crippen molar-refractivity contribution in [3.05, 3.63) is 71.5 Å². The van der Waals surface area contributed by atoms with Gasteiger partial charge in [-0.2, -0.15) is 0 Å². The van der Waals surface area contributed by atoms with Crippen LogP contribution in [0.1, 0.15) is 11.1 Å². The van der Waals surface area contributed by atoms with Crippen LogP contribution in [0.25, 0.3) is 0 Å². The number of hydrogen-bond acceptors (Lipinski definition) is 4. The Hall–Kier alpha value is -2.95. The Morgan fingerprint density at radius 3 is 2.56 bits per heavy atom. The van der Waals surface area contributed by atoms with Crippen molar-refractivity contribution < 1.29 is 19.0 Å². The molecule has 1 amide bonds. The zero-order chi connectivity index (χ0) is 17.6. The van der Waals surface area contributed by atoms with Gasteiger partial charge in [0.25, 0.3) is 0 Å². The average molecular weight is 339 g/mol. The van der Waals surface area contributed by atoms with E-state index in [1.807, 2.05) is 48.5 Å². The van der Waals surface area contributed by atoms with Crippen LogP contribution in [0.3, 0.4) is 0 Å². The summed E-state index contributed by atoms with van der Waals surface area (Å²) in [5.41, 5.74) is 2.00. The van der Waals surface area contributed by atoms with Gasteiger partial charge in [-0.05, 0) is 30.2 Å². The molecule has 3 rings (SSSR count). The minimum atomic E-state index is -0.161. The first-order valence-electron chi connectivity index (χ1n) is 8.09. The van der Waals surface area contributed by atoms with Crippen molar-refractivity contribution in [2.24, 2.45) is 0 Å². The van der Waals surface area contributed by atoms with Crippen molar-refractivity contribution in [2.75, 3.05) is 14.2 Å². The molecule has 5 heteroatoms. The lowest BCUT2D eigenvalue weighted by molar-refractivity contribution is -0.116. The van der Waals surface area contributed by atoms with Crippen molar-refractivity contribution in [1.29, 1.82) is 0 Å². The fourth-order valence-electron chi connectivity index (χ4n) is 2.81.